The third kappa shape index (κ3) is 3.64. The number of aromatic nitrogens is 4. The molecule has 0 aliphatic carbocycles. The molecule has 1 saturated heterocycles. The largest absolute Gasteiger partial charge is 0.322 e. The molecule has 1 fully saturated rings. The Kier molecular flexibility index (Phi) is 4.88. The Morgan fingerprint density at radius 1 is 1.04 bits per heavy atom. The van der Waals surface area contributed by atoms with Crippen LogP contribution in [0.15, 0.2) is 59.8 Å². The number of sulfonamides is 1. The second kappa shape index (κ2) is 7.49. The number of anilines is 1. The number of hydrogen-bond acceptors (Lipinski definition) is 6. The van der Waals surface area contributed by atoms with Crippen molar-refractivity contribution in [2.45, 2.75) is 17.7 Å². The van der Waals surface area contributed by atoms with Crippen LogP contribution in [-0.2, 0) is 10.0 Å². The zero-order valence-electron chi connectivity index (χ0n) is 14.9. The standard InChI is InChI=1S/C18H18N6O3S/c25-18(20-15-6-4-7-16(12-15)24-13-19-21-22-24)14-5-3-8-17(11-14)28(26,27)23-9-1-2-10-23/h3-8,11-13H,1-2,9-10H2,(H,20,25). The van der Waals surface area contributed by atoms with Gasteiger partial charge in [-0.25, -0.2) is 13.1 Å². The molecule has 0 unspecified atom stereocenters. The fraction of sp³-hybridized carbons (Fsp3) is 0.222. The molecule has 0 spiro atoms. The summed E-state index contributed by atoms with van der Waals surface area (Å²) in [6.07, 6.45) is 3.17. The first kappa shape index (κ1) is 18.3. The highest BCUT2D eigenvalue weighted by atomic mass is 32.2. The van der Waals surface area contributed by atoms with Gasteiger partial charge in [0.2, 0.25) is 10.0 Å². The van der Waals surface area contributed by atoms with E-state index in [9.17, 15) is 13.2 Å². The van der Waals surface area contributed by atoms with Crippen molar-refractivity contribution < 1.29 is 13.2 Å². The van der Waals surface area contributed by atoms with Crippen LogP contribution in [0.25, 0.3) is 5.69 Å². The lowest BCUT2D eigenvalue weighted by Crippen LogP contribution is -2.28. The quantitative estimate of drug-likeness (QED) is 0.700. The van der Waals surface area contributed by atoms with Crippen molar-refractivity contribution in [3.05, 3.63) is 60.4 Å². The number of nitrogens with zero attached hydrogens (tertiary/aromatic N) is 5. The van der Waals surface area contributed by atoms with Crippen molar-refractivity contribution in [1.29, 1.82) is 0 Å². The van der Waals surface area contributed by atoms with Gasteiger partial charge in [-0.2, -0.15) is 4.31 Å². The number of rotatable bonds is 5. The fourth-order valence-electron chi connectivity index (χ4n) is 3.08. The van der Waals surface area contributed by atoms with Crippen LogP contribution in [0.2, 0.25) is 0 Å². The number of carbonyl (C=O) groups excluding carboxylic acids is 1. The fourth-order valence-corrected chi connectivity index (χ4v) is 4.65. The molecule has 0 bridgehead atoms. The van der Waals surface area contributed by atoms with Crippen LogP contribution in [0.5, 0.6) is 0 Å². The van der Waals surface area contributed by atoms with E-state index < -0.39 is 15.9 Å². The molecular formula is C18H18N6O3S. The van der Waals surface area contributed by atoms with Crippen LogP contribution in [0.4, 0.5) is 5.69 Å². The Bertz CT molecular complexity index is 1090. The number of benzene rings is 2. The summed E-state index contributed by atoms with van der Waals surface area (Å²) in [6.45, 7) is 1.03. The molecule has 1 amide bonds. The van der Waals surface area contributed by atoms with Crippen LogP contribution in [-0.4, -0.2) is 51.9 Å². The molecule has 9 nitrogen and oxygen atoms in total. The molecule has 1 aliphatic heterocycles. The van der Waals surface area contributed by atoms with Crippen LogP contribution in [0, 0.1) is 0 Å². The van der Waals surface area contributed by atoms with E-state index in [-0.39, 0.29) is 10.5 Å². The van der Waals surface area contributed by atoms with Gasteiger partial charge in [0.25, 0.3) is 5.91 Å². The van der Waals surface area contributed by atoms with Crippen molar-refractivity contribution in [2.24, 2.45) is 0 Å². The van der Waals surface area contributed by atoms with Gasteiger partial charge in [-0.1, -0.05) is 12.1 Å². The number of tetrazole rings is 1. The second-order valence-electron chi connectivity index (χ2n) is 6.40. The Morgan fingerprint density at radius 3 is 2.57 bits per heavy atom. The van der Waals surface area contributed by atoms with Gasteiger partial charge in [-0.05, 0) is 59.7 Å². The summed E-state index contributed by atoms with van der Waals surface area (Å²) < 4.78 is 28.4. The minimum atomic E-state index is -3.58. The van der Waals surface area contributed by atoms with Crippen molar-refractivity contribution in [1.82, 2.24) is 24.5 Å². The van der Waals surface area contributed by atoms with Crippen molar-refractivity contribution in [3.63, 3.8) is 0 Å². The van der Waals surface area contributed by atoms with Crippen LogP contribution in [0.3, 0.4) is 0 Å². The molecule has 1 aromatic heterocycles. The molecule has 2 aromatic carbocycles. The smallest absolute Gasteiger partial charge is 0.255 e. The zero-order valence-corrected chi connectivity index (χ0v) is 15.7. The number of hydrogen-bond donors (Lipinski definition) is 1. The Labute approximate surface area is 162 Å². The van der Waals surface area contributed by atoms with Crippen molar-refractivity contribution >= 4 is 21.6 Å². The van der Waals surface area contributed by atoms with E-state index in [1.165, 1.54) is 27.4 Å². The van der Waals surface area contributed by atoms with Crippen molar-refractivity contribution in [3.8, 4) is 5.69 Å². The molecule has 0 atom stereocenters. The van der Waals surface area contributed by atoms with Gasteiger partial charge in [-0.3, -0.25) is 4.79 Å². The van der Waals surface area contributed by atoms with Gasteiger partial charge in [0.15, 0.2) is 0 Å². The average Bonchev–Trinajstić information content (AvgIpc) is 3.42. The molecule has 3 aromatic rings. The maximum absolute atomic E-state index is 12.7. The predicted octanol–water partition coefficient (Wildman–Crippen LogP) is 1.70. The van der Waals surface area contributed by atoms with Gasteiger partial charge in [0.1, 0.15) is 6.33 Å². The first-order valence-electron chi connectivity index (χ1n) is 8.79. The van der Waals surface area contributed by atoms with Gasteiger partial charge < -0.3 is 5.32 Å². The molecule has 28 heavy (non-hydrogen) atoms. The lowest BCUT2D eigenvalue weighted by atomic mass is 10.2. The summed E-state index contributed by atoms with van der Waals surface area (Å²) >= 11 is 0. The van der Waals surface area contributed by atoms with Gasteiger partial charge >= 0.3 is 0 Å². The molecule has 2 heterocycles. The molecule has 0 saturated carbocycles. The topological polar surface area (TPSA) is 110 Å². The summed E-state index contributed by atoms with van der Waals surface area (Å²) in [5.41, 5.74) is 1.51. The van der Waals surface area contributed by atoms with E-state index in [0.29, 0.717) is 24.5 Å². The lowest BCUT2D eigenvalue weighted by molar-refractivity contribution is 0.102. The summed E-state index contributed by atoms with van der Waals surface area (Å²) in [7, 11) is -3.58. The predicted molar refractivity (Wildman–Crippen MR) is 102 cm³/mol. The van der Waals surface area contributed by atoms with Gasteiger partial charge in [0.05, 0.1) is 10.6 Å². The molecule has 1 aliphatic rings. The first-order valence-corrected chi connectivity index (χ1v) is 10.2. The Balaban J connectivity index is 1.55. The van der Waals surface area contributed by atoms with E-state index in [1.807, 2.05) is 0 Å². The molecule has 144 valence electrons. The van der Waals surface area contributed by atoms with E-state index in [1.54, 1.807) is 36.4 Å². The summed E-state index contributed by atoms with van der Waals surface area (Å²) in [5, 5.41) is 13.8. The Hall–Kier alpha value is -3.11. The van der Waals surface area contributed by atoms with Gasteiger partial charge in [0, 0.05) is 24.3 Å². The maximum Gasteiger partial charge on any atom is 0.255 e. The van der Waals surface area contributed by atoms with Crippen LogP contribution in [0.1, 0.15) is 23.2 Å². The molecule has 4 rings (SSSR count). The van der Waals surface area contributed by atoms with E-state index in [2.05, 4.69) is 20.8 Å². The highest BCUT2D eigenvalue weighted by molar-refractivity contribution is 7.89. The second-order valence-corrected chi connectivity index (χ2v) is 8.34. The monoisotopic (exact) mass is 398 g/mol. The summed E-state index contributed by atoms with van der Waals surface area (Å²) in [6, 6.07) is 13.1. The highest BCUT2D eigenvalue weighted by Gasteiger charge is 2.27. The SMILES string of the molecule is O=C(Nc1cccc(-n2cnnn2)c1)c1cccc(S(=O)(=O)N2CCCC2)c1. The first-order chi connectivity index (χ1) is 13.5. The maximum atomic E-state index is 12.7. The average molecular weight is 398 g/mol. The molecule has 0 radical (unpaired) electrons. The third-order valence-electron chi connectivity index (χ3n) is 4.52. The molecular weight excluding hydrogens is 380 g/mol. The normalized spacial score (nSPS) is 14.9. The zero-order chi connectivity index (χ0) is 19.6. The highest BCUT2D eigenvalue weighted by Crippen LogP contribution is 2.22. The third-order valence-corrected chi connectivity index (χ3v) is 6.41. The number of carbonyl (C=O) groups is 1. The van der Waals surface area contributed by atoms with Crippen LogP contribution < -0.4 is 5.32 Å². The van der Waals surface area contributed by atoms with Crippen molar-refractivity contribution in [2.75, 3.05) is 18.4 Å². The lowest BCUT2D eigenvalue weighted by Gasteiger charge is -2.16. The molecule has 10 heteroatoms. The van der Waals surface area contributed by atoms with E-state index in [0.717, 1.165) is 12.8 Å². The van der Waals surface area contributed by atoms with E-state index >= 15 is 0 Å². The summed E-state index contributed by atoms with van der Waals surface area (Å²) in [5.74, 6) is -0.396. The minimum absolute atomic E-state index is 0.129. The Morgan fingerprint density at radius 2 is 1.82 bits per heavy atom. The molecule has 1 N–H and O–H groups in total. The number of nitrogens with one attached hydrogen (secondary N) is 1. The minimum Gasteiger partial charge on any atom is -0.322 e. The van der Waals surface area contributed by atoms with Gasteiger partial charge in [-0.15, -0.1) is 5.10 Å². The van der Waals surface area contributed by atoms with E-state index in [4.69, 9.17) is 0 Å². The summed E-state index contributed by atoms with van der Waals surface area (Å²) in [4.78, 5) is 12.8. The number of amides is 1. The van der Waals surface area contributed by atoms with Crippen LogP contribution >= 0.6 is 0 Å².